The van der Waals surface area contributed by atoms with E-state index in [9.17, 15) is 23.7 Å². The molecule has 1 aromatic heterocycles. The molecule has 2 atom stereocenters. The Balaban J connectivity index is 3.22. The Morgan fingerprint density at radius 1 is 1.36 bits per heavy atom. The number of aliphatic carboxylic acids is 1. The molecule has 9 nitrogen and oxygen atoms in total. The molecule has 0 aliphatic carbocycles. The summed E-state index contributed by atoms with van der Waals surface area (Å²) >= 11 is 0. The lowest BCUT2D eigenvalue weighted by molar-refractivity contribution is -0.138. The fourth-order valence-corrected chi connectivity index (χ4v) is 2.23. The molecule has 22 heavy (non-hydrogen) atoms. The summed E-state index contributed by atoms with van der Waals surface area (Å²) in [5.41, 5.74) is -1.78. The monoisotopic (exact) mass is 331 g/mol. The lowest BCUT2D eigenvalue weighted by atomic mass is 10.2. The van der Waals surface area contributed by atoms with Crippen molar-refractivity contribution in [3.63, 3.8) is 0 Å². The van der Waals surface area contributed by atoms with Gasteiger partial charge in [0.1, 0.15) is 11.6 Å². The number of rotatable bonds is 6. The van der Waals surface area contributed by atoms with Crippen molar-refractivity contribution in [2.75, 3.05) is 12.0 Å². The average molecular weight is 331 g/mol. The van der Waals surface area contributed by atoms with Crippen molar-refractivity contribution in [3.05, 3.63) is 26.4 Å². The molecular formula is C12H17N3O6S. The molecule has 1 heterocycles. The molecule has 0 amide bonds. The quantitative estimate of drug-likeness (QED) is 0.606. The summed E-state index contributed by atoms with van der Waals surface area (Å²) < 4.78 is 12.6. The first-order chi connectivity index (χ1) is 10.2. The standard InChI is InChI=1S/C12H17N3O6S/c1-14-9(16)7(10(17)15(2)12(14)20)6-13-8(11(18)19)4-5-22(3)21/h6,8,16H,4-5H2,1-3H3,(H,18,19)/t8-,22+/m0/s1. The smallest absolute Gasteiger partial charge is 0.333 e. The van der Waals surface area contributed by atoms with Gasteiger partial charge in [-0.1, -0.05) is 0 Å². The van der Waals surface area contributed by atoms with E-state index in [2.05, 4.69) is 4.99 Å². The summed E-state index contributed by atoms with van der Waals surface area (Å²) in [6, 6.07) is -1.19. The van der Waals surface area contributed by atoms with E-state index in [1.165, 1.54) is 20.4 Å². The topological polar surface area (TPSA) is 131 Å². The fourth-order valence-electron chi connectivity index (χ4n) is 1.68. The van der Waals surface area contributed by atoms with Crippen LogP contribution in [0.25, 0.3) is 0 Å². The Morgan fingerprint density at radius 2 is 1.95 bits per heavy atom. The van der Waals surface area contributed by atoms with E-state index in [0.717, 1.165) is 15.3 Å². The van der Waals surface area contributed by atoms with Gasteiger partial charge in [0.05, 0.1) is 0 Å². The van der Waals surface area contributed by atoms with Crippen LogP contribution >= 0.6 is 0 Å². The number of hydrogen-bond acceptors (Lipinski definition) is 6. The minimum Gasteiger partial charge on any atom is -0.494 e. The predicted molar refractivity (Wildman–Crippen MR) is 81.2 cm³/mol. The van der Waals surface area contributed by atoms with Crippen LogP contribution < -0.4 is 11.2 Å². The van der Waals surface area contributed by atoms with Crippen LogP contribution in [0.15, 0.2) is 14.6 Å². The Morgan fingerprint density at radius 3 is 2.45 bits per heavy atom. The number of carboxylic acids is 1. The van der Waals surface area contributed by atoms with E-state index in [4.69, 9.17) is 5.11 Å². The zero-order chi connectivity index (χ0) is 17.0. The molecule has 0 aromatic carbocycles. The molecule has 0 fully saturated rings. The molecule has 0 saturated carbocycles. The first-order valence-corrected chi connectivity index (χ1v) is 7.94. The SMILES string of the molecule is Cn1c(O)c(C=N[C@@H](CC[S@@](C)=O)C(=O)O)c(=O)n(C)c1=O. The van der Waals surface area contributed by atoms with Crippen molar-refractivity contribution in [3.8, 4) is 5.88 Å². The van der Waals surface area contributed by atoms with Crippen molar-refractivity contribution < 1.29 is 19.2 Å². The van der Waals surface area contributed by atoms with Crippen molar-refractivity contribution >= 4 is 23.0 Å². The van der Waals surface area contributed by atoms with Gasteiger partial charge in [-0.2, -0.15) is 0 Å². The number of carboxylic acid groups (broad SMARTS) is 1. The third-order valence-corrected chi connectivity index (χ3v) is 3.83. The van der Waals surface area contributed by atoms with Crippen molar-refractivity contribution in [2.24, 2.45) is 19.1 Å². The van der Waals surface area contributed by atoms with Crippen LogP contribution in [0.1, 0.15) is 12.0 Å². The molecule has 0 aliphatic rings. The molecular weight excluding hydrogens is 314 g/mol. The summed E-state index contributed by atoms with van der Waals surface area (Å²) in [5.74, 6) is -1.69. The first-order valence-electron chi connectivity index (χ1n) is 6.21. The van der Waals surface area contributed by atoms with Gasteiger partial charge in [0.2, 0.25) is 5.88 Å². The van der Waals surface area contributed by atoms with Gasteiger partial charge >= 0.3 is 11.7 Å². The highest BCUT2D eigenvalue weighted by Crippen LogP contribution is 2.07. The molecule has 10 heteroatoms. The fraction of sp³-hybridized carbons (Fsp3) is 0.500. The highest BCUT2D eigenvalue weighted by molar-refractivity contribution is 7.84. The maximum atomic E-state index is 11.9. The van der Waals surface area contributed by atoms with E-state index in [-0.39, 0.29) is 17.7 Å². The number of nitrogens with zero attached hydrogens (tertiary/aromatic N) is 3. The van der Waals surface area contributed by atoms with Gasteiger partial charge in [-0.05, 0) is 6.42 Å². The summed E-state index contributed by atoms with van der Waals surface area (Å²) in [4.78, 5) is 38.3. The lowest BCUT2D eigenvalue weighted by Gasteiger charge is -2.09. The molecule has 1 rings (SSSR count). The number of hydrogen-bond donors (Lipinski definition) is 2. The zero-order valence-corrected chi connectivity index (χ0v) is 13.2. The van der Waals surface area contributed by atoms with Gasteiger partial charge in [-0.25, -0.2) is 9.59 Å². The van der Waals surface area contributed by atoms with Gasteiger partial charge in [0, 0.05) is 43.1 Å². The second kappa shape index (κ2) is 7.16. The second-order valence-corrected chi connectivity index (χ2v) is 6.20. The summed E-state index contributed by atoms with van der Waals surface area (Å²) in [6.45, 7) is 0. The number of aromatic nitrogens is 2. The molecule has 0 spiro atoms. The average Bonchev–Trinajstić information content (AvgIpc) is 2.45. The van der Waals surface area contributed by atoms with Crippen LogP contribution in [-0.2, 0) is 29.7 Å². The number of aromatic hydroxyl groups is 1. The normalized spacial score (nSPS) is 14.1. The predicted octanol–water partition coefficient (Wildman–Crippen LogP) is -1.57. The van der Waals surface area contributed by atoms with Crippen LogP contribution in [0.4, 0.5) is 0 Å². The molecule has 0 aliphatic heterocycles. The lowest BCUT2D eigenvalue weighted by Crippen LogP contribution is -2.38. The van der Waals surface area contributed by atoms with Crippen LogP contribution in [0.5, 0.6) is 5.88 Å². The van der Waals surface area contributed by atoms with Gasteiger partial charge in [0.25, 0.3) is 5.56 Å². The van der Waals surface area contributed by atoms with E-state index in [1.807, 2.05) is 0 Å². The largest absolute Gasteiger partial charge is 0.494 e. The van der Waals surface area contributed by atoms with E-state index in [1.54, 1.807) is 0 Å². The van der Waals surface area contributed by atoms with Gasteiger partial charge < -0.3 is 10.2 Å². The third kappa shape index (κ3) is 3.91. The minimum absolute atomic E-state index is 0.0295. The van der Waals surface area contributed by atoms with Crippen LogP contribution in [-0.4, -0.2) is 53.8 Å². The number of carbonyl (C=O) groups is 1. The van der Waals surface area contributed by atoms with Crippen LogP contribution in [0, 0.1) is 0 Å². The van der Waals surface area contributed by atoms with Gasteiger partial charge in [0.15, 0.2) is 0 Å². The molecule has 0 saturated heterocycles. The summed E-state index contributed by atoms with van der Waals surface area (Å²) in [7, 11) is 1.33. The molecule has 1 aromatic rings. The summed E-state index contributed by atoms with van der Waals surface area (Å²) in [5, 5.41) is 18.9. The van der Waals surface area contributed by atoms with Gasteiger partial charge in [-0.3, -0.25) is 23.1 Å². The van der Waals surface area contributed by atoms with Crippen LogP contribution in [0.3, 0.4) is 0 Å². The third-order valence-electron chi connectivity index (χ3n) is 3.01. The molecule has 0 unspecified atom stereocenters. The molecule has 2 N–H and O–H groups in total. The Labute approximate surface area is 128 Å². The van der Waals surface area contributed by atoms with E-state index >= 15 is 0 Å². The highest BCUT2D eigenvalue weighted by Gasteiger charge is 2.18. The first kappa shape index (κ1) is 17.8. The highest BCUT2D eigenvalue weighted by atomic mass is 32.2. The second-order valence-electron chi connectivity index (χ2n) is 4.64. The maximum Gasteiger partial charge on any atom is 0.333 e. The molecule has 0 radical (unpaired) electrons. The maximum absolute atomic E-state index is 11.9. The van der Waals surface area contributed by atoms with Crippen LogP contribution in [0.2, 0.25) is 0 Å². The van der Waals surface area contributed by atoms with Crippen molar-refractivity contribution in [2.45, 2.75) is 12.5 Å². The minimum atomic E-state index is -1.23. The zero-order valence-electron chi connectivity index (χ0n) is 12.3. The van der Waals surface area contributed by atoms with Crippen molar-refractivity contribution in [1.29, 1.82) is 0 Å². The Bertz CT molecular complexity index is 748. The number of aliphatic imine (C=N–C) groups is 1. The van der Waals surface area contributed by atoms with E-state index in [0.29, 0.717) is 0 Å². The van der Waals surface area contributed by atoms with E-state index < -0.39 is 39.9 Å². The Kier molecular flexibility index (Phi) is 5.80. The molecule has 0 bridgehead atoms. The molecule has 122 valence electrons. The Hall–Kier alpha value is -2.23. The summed E-state index contributed by atoms with van der Waals surface area (Å²) in [6.07, 6.45) is 2.40. The van der Waals surface area contributed by atoms with Gasteiger partial charge in [-0.15, -0.1) is 0 Å². The van der Waals surface area contributed by atoms with Crippen molar-refractivity contribution in [1.82, 2.24) is 9.13 Å².